The molecule has 0 N–H and O–H groups in total. The predicted molar refractivity (Wildman–Crippen MR) is 50.6 cm³/mol. The topological polar surface area (TPSA) is 0 Å². The van der Waals surface area contributed by atoms with E-state index in [-0.39, 0.29) is 0 Å². The van der Waals surface area contributed by atoms with Crippen molar-refractivity contribution in [2.45, 2.75) is 46.0 Å². The highest BCUT2D eigenvalue weighted by Crippen LogP contribution is 2.33. The number of rotatable bonds is 2. The minimum atomic E-state index is 0.945. The first kappa shape index (κ1) is 8.83. The van der Waals surface area contributed by atoms with Crippen molar-refractivity contribution in [3.05, 3.63) is 12.2 Å². The summed E-state index contributed by atoms with van der Waals surface area (Å²) in [6.07, 6.45) is 7.04. The summed E-state index contributed by atoms with van der Waals surface area (Å²) in [5.41, 5.74) is 1.36. The second-order valence-electron chi connectivity index (χ2n) is 4.18. The summed E-state index contributed by atoms with van der Waals surface area (Å²) >= 11 is 0. The van der Waals surface area contributed by atoms with E-state index in [1.54, 1.807) is 0 Å². The van der Waals surface area contributed by atoms with Crippen molar-refractivity contribution in [2.24, 2.45) is 11.8 Å². The molecule has 0 aromatic carbocycles. The van der Waals surface area contributed by atoms with Crippen LogP contribution in [0.25, 0.3) is 0 Å². The molecular weight excluding hydrogens is 132 g/mol. The van der Waals surface area contributed by atoms with E-state index in [1.165, 1.54) is 37.7 Å². The second kappa shape index (κ2) is 3.94. The van der Waals surface area contributed by atoms with Gasteiger partial charge in [-0.25, -0.2) is 0 Å². The standard InChI is InChI=1S/C11H20/c1-9(2)8-11-7-5-4-6-10(11)3/h10-11H,1,4-8H2,2-3H3. The quantitative estimate of drug-likeness (QED) is 0.528. The molecule has 1 saturated carbocycles. The number of hydrogen-bond acceptors (Lipinski definition) is 0. The van der Waals surface area contributed by atoms with Gasteiger partial charge in [0.2, 0.25) is 0 Å². The van der Waals surface area contributed by atoms with Crippen LogP contribution in [0.15, 0.2) is 12.2 Å². The lowest BCUT2D eigenvalue weighted by molar-refractivity contribution is 0.254. The molecule has 2 unspecified atom stereocenters. The van der Waals surface area contributed by atoms with Gasteiger partial charge in [-0.05, 0) is 31.6 Å². The molecule has 0 heterocycles. The molecule has 1 aliphatic rings. The van der Waals surface area contributed by atoms with Gasteiger partial charge in [-0.3, -0.25) is 0 Å². The first-order valence-corrected chi connectivity index (χ1v) is 4.84. The maximum atomic E-state index is 3.98. The summed E-state index contributed by atoms with van der Waals surface area (Å²) in [5.74, 6) is 1.89. The highest BCUT2D eigenvalue weighted by Gasteiger charge is 2.20. The maximum absolute atomic E-state index is 3.98. The Labute approximate surface area is 70.7 Å². The Hall–Kier alpha value is -0.260. The lowest BCUT2D eigenvalue weighted by atomic mass is 9.77. The Bertz CT molecular complexity index is 135. The maximum Gasteiger partial charge on any atom is -0.0295 e. The molecule has 0 nitrogen and oxygen atoms in total. The monoisotopic (exact) mass is 152 g/mol. The predicted octanol–water partition coefficient (Wildman–Crippen LogP) is 3.78. The van der Waals surface area contributed by atoms with Gasteiger partial charge in [-0.1, -0.05) is 31.8 Å². The summed E-state index contributed by atoms with van der Waals surface area (Å²) in [7, 11) is 0. The minimum Gasteiger partial charge on any atom is -0.100 e. The van der Waals surface area contributed by atoms with E-state index in [9.17, 15) is 0 Å². The lowest BCUT2D eigenvalue weighted by Crippen LogP contribution is -2.16. The van der Waals surface area contributed by atoms with E-state index in [0.29, 0.717) is 0 Å². The highest BCUT2D eigenvalue weighted by atomic mass is 14.3. The summed E-state index contributed by atoms with van der Waals surface area (Å²) in [6, 6.07) is 0. The van der Waals surface area contributed by atoms with Gasteiger partial charge in [0.05, 0.1) is 0 Å². The fraction of sp³-hybridized carbons (Fsp3) is 0.818. The Kier molecular flexibility index (Phi) is 3.16. The van der Waals surface area contributed by atoms with E-state index < -0.39 is 0 Å². The van der Waals surface area contributed by atoms with Crippen molar-refractivity contribution in [3.63, 3.8) is 0 Å². The third-order valence-corrected chi connectivity index (χ3v) is 2.90. The van der Waals surface area contributed by atoms with Gasteiger partial charge in [0.1, 0.15) is 0 Å². The van der Waals surface area contributed by atoms with Gasteiger partial charge < -0.3 is 0 Å². The molecule has 0 heteroatoms. The summed E-state index contributed by atoms with van der Waals surface area (Å²) < 4.78 is 0. The molecule has 0 amide bonds. The van der Waals surface area contributed by atoms with Gasteiger partial charge in [0, 0.05) is 0 Å². The molecule has 1 rings (SSSR count). The van der Waals surface area contributed by atoms with E-state index in [2.05, 4.69) is 20.4 Å². The molecule has 0 saturated heterocycles. The van der Waals surface area contributed by atoms with Gasteiger partial charge in [-0.15, -0.1) is 6.58 Å². The third kappa shape index (κ3) is 2.69. The first-order chi connectivity index (χ1) is 5.20. The Balaban J connectivity index is 2.35. The largest absolute Gasteiger partial charge is 0.100 e. The van der Waals surface area contributed by atoms with Crippen LogP contribution in [-0.4, -0.2) is 0 Å². The van der Waals surface area contributed by atoms with Crippen molar-refractivity contribution in [1.82, 2.24) is 0 Å². The van der Waals surface area contributed by atoms with Crippen LogP contribution in [0, 0.1) is 11.8 Å². The van der Waals surface area contributed by atoms with Crippen molar-refractivity contribution in [1.29, 1.82) is 0 Å². The number of hydrogen-bond donors (Lipinski definition) is 0. The molecule has 0 spiro atoms. The van der Waals surface area contributed by atoms with Crippen LogP contribution in [0.3, 0.4) is 0 Å². The lowest BCUT2D eigenvalue weighted by Gasteiger charge is -2.28. The van der Waals surface area contributed by atoms with Gasteiger partial charge in [0.15, 0.2) is 0 Å². The fourth-order valence-electron chi connectivity index (χ4n) is 2.14. The van der Waals surface area contributed by atoms with Crippen LogP contribution in [0.2, 0.25) is 0 Å². The molecule has 0 aliphatic heterocycles. The average Bonchev–Trinajstić information content (AvgIpc) is 1.93. The van der Waals surface area contributed by atoms with Crippen LogP contribution in [0.5, 0.6) is 0 Å². The number of allylic oxidation sites excluding steroid dienone is 1. The first-order valence-electron chi connectivity index (χ1n) is 4.84. The normalized spacial score (nSPS) is 31.8. The van der Waals surface area contributed by atoms with Crippen LogP contribution < -0.4 is 0 Å². The molecule has 1 aliphatic carbocycles. The van der Waals surface area contributed by atoms with E-state index in [1.807, 2.05) is 0 Å². The van der Waals surface area contributed by atoms with Gasteiger partial charge >= 0.3 is 0 Å². The highest BCUT2D eigenvalue weighted by molar-refractivity contribution is 4.92. The van der Waals surface area contributed by atoms with Crippen molar-refractivity contribution in [2.75, 3.05) is 0 Å². The van der Waals surface area contributed by atoms with E-state index in [4.69, 9.17) is 0 Å². The van der Waals surface area contributed by atoms with Crippen LogP contribution >= 0.6 is 0 Å². The molecule has 0 aromatic heterocycles. The zero-order valence-electron chi connectivity index (χ0n) is 7.90. The van der Waals surface area contributed by atoms with Crippen LogP contribution in [-0.2, 0) is 0 Å². The van der Waals surface area contributed by atoms with E-state index in [0.717, 1.165) is 11.8 Å². The van der Waals surface area contributed by atoms with Crippen molar-refractivity contribution < 1.29 is 0 Å². The SMILES string of the molecule is C=C(C)CC1CCCCC1C. The molecule has 11 heavy (non-hydrogen) atoms. The third-order valence-electron chi connectivity index (χ3n) is 2.90. The summed E-state index contributed by atoms with van der Waals surface area (Å²) in [6.45, 7) is 8.53. The average molecular weight is 152 g/mol. The smallest absolute Gasteiger partial charge is 0.0295 e. The van der Waals surface area contributed by atoms with Gasteiger partial charge in [-0.2, -0.15) is 0 Å². The van der Waals surface area contributed by atoms with Crippen molar-refractivity contribution >= 4 is 0 Å². The van der Waals surface area contributed by atoms with Crippen LogP contribution in [0.4, 0.5) is 0 Å². The zero-order chi connectivity index (χ0) is 8.27. The zero-order valence-corrected chi connectivity index (χ0v) is 7.90. The minimum absolute atomic E-state index is 0.945. The molecule has 64 valence electrons. The molecule has 0 radical (unpaired) electrons. The molecule has 0 bridgehead atoms. The Morgan fingerprint density at radius 1 is 1.36 bits per heavy atom. The Morgan fingerprint density at radius 2 is 2.00 bits per heavy atom. The van der Waals surface area contributed by atoms with Crippen LogP contribution in [0.1, 0.15) is 46.0 Å². The summed E-state index contributed by atoms with van der Waals surface area (Å²) in [4.78, 5) is 0. The van der Waals surface area contributed by atoms with Gasteiger partial charge in [0.25, 0.3) is 0 Å². The molecular formula is C11H20. The fourth-order valence-corrected chi connectivity index (χ4v) is 2.14. The van der Waals surface area contributed by atoms with E-state index >= 15 is 0 Å². The molecule has 1 fully saturated rings. The molecule has 2 atom stereocenters. The summed E-state index contributed by atoms with van der Waals surface area (Å²) in [5, 5.41) is 0. The van der Waals surface area contributed by atoms with Crippen molar-refractivity contribution in [3.8, 4) is 0 Å². The molecule has 0 aromatic rings. The second-order valence-corrected chi connectivity index (χ2v) is 4.18. The Morgan fingerprint density at radius 3 is 2.55 bits per heavy atom.